The van der Waals surface area contributed by atoms with Gasteiger partial charge in [0.1, 0.15) is 0 Å². The van der Waals surface area contributed by atoms with Gasteiger partial charge in [-0.05, 0) is 11.1 Å². The smallest absolute Gasteiger partial charge is 0.0518 e. The Kier molecular flexibility index (Phi) is 7.75. The zero-order valence-corrected chi connectivity index (χ0v) is 14.0. The molecule has 2 aromatic carbocycles. The normalized spacial score (nSPS) is 13.7. The monoisotopic (exact) mass is 336 g/mol. The van der Waals surface area contributed by atoms with Crippen molar-refractivity contribution in [2.75, 3.05) is 24.8 Å². The van der Waals surface area contributed by atoms with Gasteiger partial charge in [-0.25, -0.2) is 0 Å². The highest BCUT2D eigenvalue weighted by Gasteiger charge is 2.23. The molecule has 0 fully saturated rings. The largest absolute Gasteiger partial charge is 0.307 e. The molecule has 0 aromatic heterocycles. The average molecular weight is 337 g/mol. The van der Waals surface area contributed by atoms with Crippen molar-refractivity contribution in [3.05, 3.63) is 71.8 Å². The van der Waals surface area contributed by atoms with Crippen molar-refractivity contribution >= 4 is 23.2 Å². The van der Waals surface area contributed by atoms with E-state index in [9.17, 15) is 0 Å². The van der Waals surface area contributed by atoms with Crippen molar-refractivity contribution in [3.8, 4) is 0 Å². The van der Waals surface area contributed by atoms with Crippen molar-refractivity contribution in [1.29, 1.82) is 0 Å². The summed E-state index contributed by atoms with van der Waals surface area (Å²) >= 11 is 11.8. The van der Waals surface area contributed by atoms with E-state index in [1.807, 2.05) is 12.1 Å². The van der Waals surface area contributed by atoms with Crippen LogP contribution in [0.3, 0.4) is 0 Å². The number of nitrogens with one attached hydrogen (secondary N) is 2. The molecule has 0 saturated carbocycles. The fourth-order valence-corrected chi connectivity index (χ4v) is 2.82. The molecule has 2 nitrogen and oxygen atoms in total. The molecule has 2 atom stereocenters. The molecular formula is C18H22Cl2N2. The highest BCUT2D eigenvalue weighted by atomic mass is 35.5. The van der Waals surface area contributed by atoms with E-state index >= 15 is 0 Å². The van der Waals surface area contributed by atoms with Crippen LogP contribution in [-0.4, -0.2) is 24.8 Å². The first-order valence-corrected chi connectivity index (χ1v) is 8.62. The van der Waals surface area contributed by atoms with Gasteiger partial charge in [-0.15, -0.1) is 23.2 Å². The van der Waals surface area contributed by atoms with Crippen molar-refractivity contribution in [2.45, 2.75) is 12.1 Å². The molecule has 2 aromatic rings. The maximum absolute atomic E-state index is 5.88. The van der Waals surface area contributed by atoms with E-state index < -0.39 is 0 Å². The third-order valence-corrected chi connectivity index (χ3v) is 3.95. The standard InChI is InChI=1S/C18H22Cl2N2/c19-11-13-21-17(15-7-3-1-4-8-15)18(22-14-12-20)16-9-5-2-6-10-16/h1-10,17-18,21-22H,11-14H2/t17-,18-/m0/s1. The summed E-state index contributed by atoms with van der Waals surface area (Å²) < 4.78 is 0. The van der Waals surface area contributed by atoms with Crippen LogP contribution in [0.1, 0.15) is 23.2 Å². The molecule has 0 aliphatic heterocycles. The summed E-state index contributed by atoms with van der Waals surface area (Å²) in [7, 11) is 0. The van der Waals surface area contributed by atoms with E-state index in [2.05, 4.69) is 59.2 Å². The first kappa shape index (κ1) is 17.3. The predicted molar refractivity (Wildman–Crippen MR) is 95.8 cm³/mol. The number of rotatable bonds is 9. The van der Waals surface area contributed by atoms with Crippen molar-refractivity contribution in [1.82, 2.24) is 10.6 Å². The minimum Gasteiger partial charge on any atom is -0.307 e. The molecular weight excluding hydrogens is 315 g/mol. The predicted octanol–water partition coefficient (Wildman–Crippen LogP) is 4.13. The van der Waals surface area contributed by atoms with Crippen LogP contribution in [-0.2, 0) is 0 Å². The molecule has 0 amide bonds. The summed E-state index contributed by atoms with van der Waals surface area (Å²) in [6.45, 7) is 1.51. The third-order valence-electron chi connectivity index (χ3n) is 3.57. The van der Waals surface area contributed by atoms with Crippen LogP contribution in [0.15, 0.2) is 60.7 Å². The van der Waals surface area contributed by atoms with E-state index in [0.717, 1.165) is 13.1 Å². The number of alkyl halides is 2. The van der Waals surface area contributed by atoms with Gasteiger partial charge in [0, 0.05) is 24.8 Å². The Bertz CT molecular complexity index is 470. The maximum Gasteiger partial charge on any atom is 0.0518 e. The van der Waals surface area contributed by atoms with Crippen molar-refractivity contribution < 1.29 is 0 Å². The minimum atomic E-state index is 0.144. The van der Waals surface area contributed by atoms with Gasteiger partial charge in [0.2, 0.25) is 0 Å². The second-order valence-electron chi connectivity index (χ2n) is 5.06. The van der Waals surface area contributed by atoms with Crippen molar-refractivity contribution in [3.63, 3.8) is 0 Å². The molecule has 2 N–H and O–H groups in total. The Balaban J connectivity index is 2.30. The molecule has 118 valence electrons. The minimum absolute atomic E-state index is 0.144. The summed E-state index contributed by atoms with van der Waals surface area (Å²) in [5, 5.41) is 7.11. The number of hydrogen-bond acceptors (Lipinski definition) is 2. The molecule has 0 bridgehead atoms. The lowest BCUT2D eigenvalue weighted by atomic mass is 9.93. The van der Waals surface area contributed by atoms with Gasteiger partial charge in [-0.1, -0.05) is 60.7 Å². The summed E-state index contributed by atoms with van der Waals surface area (Å²) in [4.78, 5) is 0. The zero-order chi connectivity index (χ0) is 15.6. The third kappa shape index (κ3) is 4.99. The number of hydrogen-bond donors (Lipinski definition) is 2. The number of halogens is 2. The lowest BCUT2D eigenvalue weighted by Gasteiger charge is -2.30. The molecule has 0 heterocycles. The molecule has 22 heavy (non-hydrogen) atoms. The Hall–Kier alpha value is -1.06. The van der Waals surface area contributed by atoms with E-state index in [1.165, 1.54) is 11.1 Å². The van der Waals surface area contributed by atoms with Gasteiger partial charge < -0.3 is 10.6 Å². The molecule has 0 aliphatic carbocycles. The zero-order valence-electron chi connectivity index (χ0n) is 12.5. The SMILES string of the molecule is ClCCN[C@@H](c1ccccc1)[C@@H](NCCCl)c1ccccc1. The highest BCUT2D eigenvalue weighted by Crippen LogP contribution is 2.28. The van der Waals surface area contributed by atoms with Crippen LogP contribution in [0.4, 0.5) is 0 Å². The van der Waals surface area contributed by atoms with Gasteiger partial charge in [0.05, 0.1) is 12.1 Å². The molecule has 0 radical (unpaired) electrons. The second kappa shape index (κ2) is 9.86. The average Bonchev–Trinajstić information content (AvgIpc) is 2.59. The van der Waals surface area contributed by atoms with Gasteiger partial charge in [-0.3, -0.25) is 0 Å². The van der Waals surface area contributed by atoms with E-state index in [-0.39, 0.29) is 12.1 Å². The Labute approximate surface area is 142 Å². The lowest BCUT2D eigenvalue weighted by molar-refractivity contribution is 0.399. The molecule has 0 unspecified atom stereocenters. The summed E-state index contributed by atoms with van der Waals surface area (Å²) in [6.07, 6.45) is 0. The Morgan fingerprint density at radius 2 is 1.00 bits per heavy atom. The van der Waals surface area contributed by atoms with Gasteiger partial charge in [0.25, 0.3) is 0 Å². The Morgan fingerprint density at radius 3 is 1.32 bits per heavy atom. The quantitative estimate of drug-likeness (QED) is 0.673. The summed E-state index contributed by atoms with van der Waals surface area (Å²) in [5.41, 5.74) is 2.48. The van der Waals surface area contributed by atoms with Crippen LogP contribution in [0.25, 0.3) is 0 Å². The first-order chi connectivity index (χ1) is 10.9. The molecule has 0 saturated heterocycles. The van der Waals surface area contributed by atoms with Crippen LogP contribution in [0, 0.1) is 0 Å². The highest BCUT2D eigenvalue weighted by molar-refractivity contribution is 6.18. The Morgan fingerprint density at radius 1 is 0.636 bits per heavy atom. The van der Waals surface area contributed by atoms with Gasteiger partial charge >= 0.3 is 0 Å². The van der Waals surface area contributed by atoms with Crippen LogP contribution in [0.2, 0.25) is 0 Å². The van der Waals surface area contributed by atoms with Crippen LogP contribution in [0.5, 0.6) is 0 Å². The van der Waals surface area contributed by atoms with Gasteiger partial charge in [-0.2, -0.15) is 0 Å². The molecule has 0 spiro atoms. The molecule has 0 aliphatic rings. The van der Waals surface area contributed by atoms with Crippen LogP contribution >= 0.6 is 23.2 Å². The maximum atomic E-state index is 5.88. The first-order valence-electron chi connectivity index (χ1n) is 7.55. The van der Waals surface area contributed by atoms with Crippen LogP contribution < -0.4 is 10.6 Å². The van der Waals surface area contributed by atoms with E-state index in [0.29, 0.717) is 11.8 Å². The fourth-order valence-electron chi connectivity index (χ4n) is 2.60. The van der Waals surface area contributed by atoms with Gasteiger partial charge in [0.15, 0.2) is 0 Å². The summed E-state index contributed by atoms with van der Waals surface area (Å²) in [5.74, 6) is 1.17. The number of benzene rings is 2. The van der Waals surface area contributed by atoms with Crippen molar-refractivity contribution in [2.24, 2.45) is 0 Å². The topological polar surface area (TPSA) is 24.1 Å². The lowest BCUT2D eigenvalue weighted by Crippen LogP contribution is -2.37. The second-order valence-corrected chi connectivity index (χ2v) is 5.82. The molecule has 4 heteroatoms. The fraction of sp³-hybridized carbons (Fsp3) is 0.333. The van der Waals surface area contributed by atoms with E-state index in [4.69, 9.17) is 23.2 Å². The summed E-state index contributed by atoms with van der Waals surface area (Å²) in [6, 6.07) is 21.2. The molecule has 2 rings (SSSR count). The van der Waals surface area contributed by atoms with E-state index in [1.54, 1.807) is 0 Å².